The molecule has 0 radical (unpaired) electrons. The number of carbonyl (C=O) groups excluding carboxylic acids is 1. The van der Waals surface area contributed by atoms with Crippen molar-refractivity contribution >= 4 is 39.0 Å². The Hall–Kier alpha value is -2.08. The highest BCUT2D eigenvalue weighted by Crippen LogP contribution is 2.34. The van der Waals surface area contributed by atoms with Gasteiger partial charge in [0.15, 0.2) is 0 Å². The third-order valence-corrected chi connectivity index (χ3v) is 4.96. The van der Waals surface area contributed by atoms with Crippen molar-refractivity contribution in [2.45, 2.75) is 6.92 Å². The van der Waals surface area contributed by atoms with Crippen molar-refractivity contribution < 1.29 is 14.7 Å². The number of thiophene rings is 1. The predicted octanol–water partition coefficient (Wildman–Crippen LogP) is 2.27. The lowest BCUT2D eigenvalue weighted by Gasteiger charge is -2.35. The number of carboxylic acids is 1. The molecule has 1 N–H and O–H groups in total. The van der Waals surface area contributed by atoms with Gasteiger partial charge in [-0.25, -0.2) is 4.79 Å². The number of benzene rings is 1. The SMILES string of the molecule is CC(=O)N1CCN(c2cccc3cc(C(=O)O)sc23)CC1. The fraction of sp³-hybridized carbons (Fsp3) is 0.333. The molecule has 2 aromatic rings. The van der Waals surface area contributed by atoms with Crippen molar-refractivity contribution in [2.75, 3.05) is 31.1 Å². The van der Waals surface area contributed by atoms with Crippen molar-refractivity contribution in [2.24, 2.45) is 0 Å². The zero-order valence-corrected chi connectivity index (χ0v) is 12.5. The molecule has 1 saturated heterocycles. The number of nitrogens with zero attached hydrogens (tertiary/aromatic N) is 2. The third-order valence-electron chi connectivity index (χ3n) is 3.80. The average Bonchev–Trinajstić information content (AvgIpc) is 2.91. The number of carboxylic acid groups (broad SMARTS) is 1. The molecule has 5 nitrogen and oxygen atoms in total. The molecule has 0 aliphatic carbocycles. The molecular weight excluding hydrogens is 288 g/mol. The fourth-order valence-corrected chi connectivity index (χ4v) is 3.70. The molecule has 2 heterocycles. The first-order valence-electron chi connectivity index (χ1n) is 6.82. The van der Waals surface area contributed by atoms with Crippen molar-refractivity contribution in [1.82, 2.24) is 4.90 Å². The number of rotatable bonds is 2. The second kappa shape index (κ2) is 5.37. The summed E-state index contributed by atoms with van der Waals surface area (Å²) in [6.45, 7) is 4.57. The van der Waals surface area contributed by atoms with Crippen LogP contribution >= 0.6 is 11.3 Å². The van der Waals surface area contributed by atoms with Gasteiger partial charge in [-0.3, -0.25) is 4.79 Å². The highest BCUT2D eigenvalue weighted by molar-refractivity contribution is 7.21. The number of hydrogen-bond donors (Lipinski definition) is 1. The minimum absolute atomic E-state index is 0.108. The second-order valence-electron chi connectivity index (χ2n) is 5.10. The van der Waals surface area contributed by atoms with E-state index >= 15 is 0 Å². The molecule has 110 valence electrons. The molecule has 1 aromatic carbocycles. The third kappa shape index (κ3) is 2.58. The largest absolute Gasteiger partial charge is 0.477 e. The minimum atomic E-state index is -0.886. The number of anilines is 1. The Labute approximate surface area is 126 Å². The maximum atomic E-state index is 11.4. The van der Waals surface area contributed by atoms with Crippen LogP contribution in [-0.2, 0) is 4.79 Å². The van der Waals surface area contributed by atoms with Crippen LogP contribution in [0.3, 0.4) is 0 Å². The Morgan fingerprint density at radius 3 is 2.52 bits per heavy atom. The van der Waals surface area contributed by atoms with Gasteiger partial charge >= 0.3 is 5.97 Å². The van der Waals surface area contributed by atoms with Gasteiger partial charge in [-0.15, -0.1) is 11.3 Å². The smallest absolute Gasteiger partial charge is 0.345 e. The maximum absolute atomic E-state index is 11.4. The summed E-state index contributed by atoms with van der Waals surface area (Å²) in [5.74, 6) is -0.777. The van der Waals surface area contributed by atoms with E-state index in [1.807, 2.05) is 23.1 Å². The quantitative estimate of drug-likeness (QED) is 0.924. The molecule has 1 aliphatic heterocycles. The Morgan fingerprint density at radius 2 is 1.90 bits per heavy atom. The van der Waals surface area contributed by atoms with E-state index in [9.17, 15) is 9.59 Å². The van der Waals surface area contributed by atoms with Gasteiger partial charge < -0.3 is 14.9 Å². The molecule has 0 bridgehead atoms. The molecular formula is C15H16N2O3S. The molecule has 0 saturated carbocycles. The summed E-state index contributed by atoms with van der Waals surface area (Å²) in [4.78, 5) is 26.9. The lowest BCUT2D eigenvalue weighted by atomic mass is 10.2. The van der Waals surface area contributed by atoms with Crippen LogP contribution in [0.2, 0.25) is 0 Å². The number of fused-ring (bicyclic) bond motifs is 1. The topological polar surface area (TPSA) is 60.9 Å². The molecule has 1 aromatic heterocycles. The molecule has 1 fully saturated rings. The Balaban J connectivity index is 1.90. The van der Waals surface area contributed by atoms with E-state index < -0.39 is 5.97 Å². The minimum Gasteiger partial charge on any atom is -0.477 e. The van der Waals surface area contributed by atoms with E-state index in [2.05, 4.69) is 4.90 Å². The van der Waals surface area contributed by atoms with Gasteiger partial charge in [0.25, 0.3) is 0 Å². The number of piperazine rings is 1. The average molecular weight is 304 g/mol. The van der Waals surface area contributed by atoms with Crippen molar-refractivity contribution in [1.29, 1.82) is 0 Å². The molecule has 6 heteroatoms. The van der Waals surface area contributed by atoms with Gasteiger partial charge in [0, 0.05) is 33.1 Å². The summed E-state index contributed by atoms with van der Waals surface area (Å²) in [5.41, 5.74) is 1.06. The van der Waals surface area contributed by atoms with Crippen molar-refractivity contribution in [3.05, 3.63) is 29.1 Å². The van der Waals surface area contributed by atoms with E-state index in [-0.39, 0.29) is 5.91 Å². The highest BCUT2D eigenvalue weighted by Gasteiger charge is 2.21. The molecule has 3 rings (SSSR count). The monoisotopic (exact) mass is 304 g/mol. The first kappa shape index (κ1) is 13.9. The molecule has 1 amide bonds. The van der Waals surface area contributed by atoms with Gasteiger partial charge in [-0.2, -0.15) is 0 Å². The van der Waals surface area contributed by atoms with Crippen molar-refractivity contribution in [3.63, 3.8) is 0 Å². The van der Waals surface area contributed by atoms with Gasteiger partial charge in [0.1, 0.15) is 4.88 Å². The van der Waals surface area contributed by atoms with Crippen LogP contribution < -0.4 is 4.90 Å². The summed E-state index contributed by atoms with van der Waals surface area (Å²) < 4.78 is 1.01. The van der Waals surface area contributed by atoms with Crippen molar-refractivity contribution in [3.8, 4) is 0 Å². The Bertz CT molecular complexity index is 702. The Morgan fingerprint density at radius 1 is 1.19 bits per heavy atom. The van der Waals surface area contributed by atoms with Crippen LogP contribution in [0.15, 0.2) is 24.3 Å². The van der Waals surface area contributed by atoms with E-state index in [1.165, 1.54) is 11.3 Å². The summed E-state index contributed by atoms with van der Waals surface area (Å²) >= 11 is 1.31. The standard InChI is InChI=1S/C15H16N2O3S/c1-10(18)16-5-7-17(8-6-16)12-4-2-3-11-9-13(15(19)20)21-14(11)12/h2-4,9H,5-8H2,1H3,(H,19,20). The first-order valence-corrected chi connectivity index (χ1v) is 7.64. The van der Waals surface area contributed by atoms with Gasteiger partial charge in [0.2, 0.25) is 5.91 Å². The number of carbonyl (C=O) groups is 2. The number of hydrogen-bond acceptors (Lipinski definition) is 4. The normalized spacial score (nSPS) is 15.5. The van der Waals surface area contributed by atoms with Crippen LogP contribution in [-0.4, -0.2) is 48.1 Å². The van der Waals surface area contributed by atoms with Crippen LogP contribution in [0.25, 0.3) is 10.1 Å². The molecule has 21 heavy (non-hydrogen) atoms. The van der Waals surface area contributed by atoms with Crippen LogP contribution in [0.1, 0.15) is 16.6 Å². The molecule has 1 aliphatic rings. The van der Waals surface area contributed by atoms with Crippen LogP contribution in [0.5, 0.6) is 0 Å². The lowest BCUT2D eigenvalue weighted by molar-refractivity contribution is -0.129. The zero-order chi connectivity index (χ0) is 15.0. The van der Waals surface area contributed by atoms with Crippen LogP contribution in [0.4, 0.5) is 5.69 Å². The van der Waals surface area contributed by atoms with E-state index in [1.54, 1.807) is 13.0 Å². The second-order valence-corrected chi connectivity index (χ2v) is 6.16. The molecule has 0 atom stereocenters. The molecule has 0 spiro atoms. The van der Waals surface area contributed by atoms with Gasteiger partial charge in [0.05, 0.1) is 10.4 Å². The van der Waals surface area contributed by atoms with Crippen LogP contribution in [0, 0.1) is 0 Å². The fourth-order valence-electron chi connectivity index (χ4n) is 2.66. The first-order chi connectivity index (χ1) is 10.1. The number of aromatic carboxylic acids is 1. The molecule has 0 unspecified atom stereocenters. The summed E-state index contributed by atoms with van der Waals surface area (Å²) in [6.07, 6.45) is 0. The zero-order valence-electron chi connectivity index (χ0n) is 11.7. The summed E-state index contributed by atoms with van der Waals surface area (Å²) in [5, 5.41) is 10.1. The maximum Gasteiger partial charge on any atom is 0.345 e. The summed E-state index contributed by atoms with van der Waals surface area (Å²) in [6, 6.07) is 7.63. The highest BCUT2D eigenvalue weighted by atomic mass is 32.1. The van der Waals surface area contributed by atoms with E-state index in [0.717, 1.165) is 28.9 Å². The predicted molar refractivity (Wildman–Crippen MR) is 83.3 cm³/mol. The van der Waals surface area contributed by atoms with E-state index in [0.29, 0.717) is 18.0 Å². The number of amides is 1. The van der Waals surface area contributed by atoms with E-state index in [4.69, 9.17) is 5.11 Å². The lowest BCUT2D eigenvalue weighted by Crippen LogP contribution is -2.48. The summed E-state index contributed by atoms with van der Waals surface area (Å²) in [7, 11) is 0. The van der Waals surface area contributed by atoms with Gasteiger partial charge in [-0.05, 0) is 17.5 Å². The Kier molecular flexibility index (Phi) is 3.55. The van der Waals surface area contributed by atoms with Gasteiger partial charge in [-0.1, -0.05) is 12.1 Å².